The smallest absolute Gasteiger partial charge is 0.216 e. The van der Waals surface area contributed by atoms with Gasteiger partial charge in [-0.25, -0.2) is 0 Å². The highest BCUT2D eigenvalue weighted by atomic mass is 16.5. The zero-order valence-corrected chi connectivity index (χ0v) is 26.0. The third-order valence-corrected chi connectivity index (χ3v) is 8.09. The molecule has 3 N–H and O–H groups in total. The largest absolute Gasteiger partial charge is 0.496 e. The van der Waals surface area contributed by atoms with E-state index in [4.69, 9.17) is 18.9 Å². The van der Waals surface area contributed by atoms with E-state index in [1.165, 1.54) is 11.3 Å². The van der Waals surface area contributed by atoms with Crippen LogP contribution in [0.3, 0.4) is 0 Å². The SMILES string of the molecule is COc1ccccc1COCCCOc1ccc(C(Oc2ccc3c(c2)N(CCNC(C)=O)CCC3)[C@H]2CNCCN2)cc1. The van der Waals surface area contributed by atoms with Gasteiger partial charge in [-0.1, -0.05) is 36.4 Å². The van der Waals surface area contributed by atoms with Gasteiger partial charge < -0.3 is 39.8 Å². The molecule has 0 saturated carbocycles. The zero-order chi connectivity index (χ0) is 30.6. The molecule has 2 heterocycles. The van der Waals surface area contributed by atoms with E-state index >= 15 is 0 Å². The van der Waals surface area contributed by atoms with Crippen molar-refractivity contribution in [1.29, 1.82) is 0 Å². The van der Waals surface area contributed by atoms with Gasteiger partial charge in [0, 0.05) is 69.9 Å². The number of ether oxygens (including phenoxy) is 4. The molecule has 236 valence electrons. The lowest BCUT2D eigenvalue weighted by Crippen LogP contribution is -2.52. The van der Waals surface area contributed by atoms with Crippen LogP contribution in [-0.4, -0.2) is 71.5 Å². The number of carbonyl (C=O) groups excluding carboxylic acids is 1. The number of para-hydroxylation sites is 1. The van der Waals surface area contributed by atoms with Gasteiger partial charge >= 0.3 is 0 Å². The summed E-state index contributed by atoms with van der Waals surface area (Å²) in [6.07, 6.45) is 2.78. The Morgan fingerprint density at radius 1 is 1.05 bits per heavy atom. The lowest BCUT2D eigenvalue weighted by atomic mass is 9.99. The van der Waals surface area contributed by atoms with E-state index in [1.54, 1.807) is 14.0 Å². The predicted molar refractivity (Wildman–Crippen MR) is 173 cm³/mol. The van der Waals surface area contributed by atoms with Gasteiger partial charge in [0.05, 0.1) is 33.0 Å². The number of hydrogen-bond donors (Lipinski definition) is 3. The molecular formula is C35H46N4O5. The van der Waals surface area contributed by atoms with Crippen LogP contribution in [0.5, 0.6) is 17.2 Å². The molecule has 1 fully saturated rings. The van der Waals surface area contributed by atoms with Gasteiger partial charge in [0.25, 0.3) is 0 Å². The molecule has 2 aliphatic rings. The minimum absolute atomic E-state index is 0.00129. The van der Waals surface area contributed by atoms with Crippen LogP contribution in [0, 0.1) is 0 Å². The molecular weight excluding hydrogens is 556 g/mol. The zero-order valence-electron chi connectivity index (χ0n) is 26.0. The molecule has 3 aromatic rings. The minimum Gasteiger partial charge on any atom is -0.496 e. The van der Waals surface area contributed by atoms with Crippen LogP contribution in [-0.2, 0) is 22.6 Å². The fourth-order valence-electron chi connectivity index (χ4n) is 5.83. The fourth-order valence-corrected chi connectivity index (χ4v) is 5.83. The van der Waals surface area contributed by atoms with Crippen molar-refractivity contribution in [1.82, 2.24) is 16.0 Å². The molecule has 1 unspecified atom stereocenters. The maximum Gasteiger partial charge on any atom is 0.216 e. The van der Waals surface area contributed by atoms with E-state index in [9.17, 15) is 4.79 Å². The van der Waals surface area contributed by atoms with Gasteiger partial charge in [-0.05, 0) is 48.2 Å². The molecule has 2 aliphatic heterocycles. The number of amides is 1. The number of aryl methyl sites for hydroxylation is 1. The van der Waals surface area contributed by atoms with Crippen molar-refractivity contribution in [2.45, 2.75) is 44.9 Å². The van der Waals surface area contributed by atoms with Crippen LogP contribution in [0.4, 0.5) is 5.69 Å². The molecule has 0 bridgehead atoms. The molecule has 1 saturated heterocycles. The van der Waals surface area contributed by atoms with Crippen molar-refractivity contribution >= 4 is 11.6 Å². The topological polar surface area (TPSA) is 93.3 Å². The number of benzene rings is 3. The number of anilines is 1. The van der Waals surface area contributed by atoms with Gasteiger partial charge in [0.1, 0.15) is 23.4 Å². The van der Waals surface area contributed by atoms with Crippen molar-refractivity contribution in [3.05, 3.63) is 83.4 Å². The molecule has 9 heteroatoms. The predicted octanol–water partition coefficient (Wildman–Crippen LogP) is 4.25. The van der Waals surface area contributed by atoms with Crippen LogP contribution in [0.15, 0.2) is 66.7 Å². The highest BCUT2D eigenvalue weighted by Gasteiger charge is 2.27. The van der Waals surface area contributed by atoms with Crippen molar-refractivity contribution in [3.63, 3.8) is 0 Å². The van der Waals surface area contributed by atoms with Crippen molar-refractivity contribution in [2.75, 3.05) is 64.5 Å². The van der Waals surface area contributed by atoms with Crippen molar-refractivity contribution < 1.29 is 23.7 Å². The number of fused-ring (bicyclic) bond motifs is 1. The van der Waals surface area contributed by atoms with Crippen LogP contribution in [0.1, 0.15) is 42.6 Å². The second-order valence-corrected chi connectivity index (χ2v) is 11.3. The number of piperazine rings is 1. The maximum absolute atomic E-state index is 11.4. The molecule has 9 nitrogen and oxygen atoms in total. The third kappa shape index (κ3) is 8.87. The van der Waals surface area contributed by atoms with Gasteiger partial charge in [-0.3, -0.25) is 4.79 Å². The molecule has 0 spiro atoms. The van der Waals surface area contributed by atoms with Gasteiger partial charge in [0.2, 0.25) is 5.91 Å². The van der Waals surface area contributed by atoms with Crippen LogP contribution >= 0.6 is 0 Å². The molecule has 3 aromatic carbocycles. The van der Waals surface area contributed by atoms with Gasteiger partial charge in [-0.15, -0.1) is 0 Å². The average Bonchev–Trinajstić information content (AvgIpc) is 3.06. The highest BCUT2D eigenvalue weighted by molar-refractivity contribution is 5.72. The van der Waals surface area contributed by atoms with E-state index < -0.39 is 0 Å². The van der Waals surface area contributed by atoms with Crippen molar-refractivity contribution in [2.24, 2.45) is 0 Å². The Bertz CT molecular complexity index is 1330. The first-order valence-corrected chi connectivity index (χ1v) is 15.8. The summed E-state index contributed by atoms with van der Waals surface area (Å²) in [5, 5.41) is 10.1. The summed E-state index contributed by atoms with van der Waals surface area (Å²) in [5.74, 6) is 2.52. The maximum atomic E-state index is 11.4. The number of rotatable bonds is 15. The Hall–Kier alpha value is -3.79. The van der Waals surface area contributed by atoms with Gasteiger partial charge in [-0.2, -0.15) is 0 Å². The van der Waals surface area contributed by atoms with Crippen molar-refractivity contribution in [3.8, 4) is 17.2 Å². The second kappa shape index (κ2) is 16.3. The number of hydrogen-bond acceptors (Lipinski definition) is 8. The number of nitrogens with one attached hydrogen (secondary N) is 3. The van der Waals surface area contributed by atoms with Crippen LogP contribution in [0.25, 0.3) is 0 Å². The first kappa shape index (κ1) is 31.6. The monoisotopic (exact) mass is 602 g/mol. The van der Waals surface area contributed by atoms with E-state index in [0.29, 0.717) is 26.4 Å². The summed E-state index contributed by atoms with van der Waals surface area (Å²) in [5.41, 5.74) is 4.66. The third-order valence-electron chi connectivity index (χ3n) is 8.09. The number of methoxy groups -OCH3 is 1. The Morgan fingerprint density at radius 2 is 1.89 bits per heavy atom. The lowest BCUT2D eigenvalue weighted by Gasteiger charge is -2.34. The Labute approximate surface area is 261 Å². The summed E-state index contributed by atoms with van der Waals surface area (Å²) < 4.78 is 24.0. The summed E-state index contributed by atoms with van der Waals surface area (Å²) in [6, 6.07) is 22.7. The molecule has 0 aliphatic carbocycles. The second-order valence-electron chi connectivity index (χ2n) is 11.3. The molecule has 5 rings (SSSR count). The Balaban J connectivity index is 1.18. The van der Waals surface area contributed by atoms with E-state index in [0.717, 1.165) is 80.4 Å². The summed E-state index contributed by atoms with van der Waals surface area (Å²) in [6.45, 7) is 8.31. The fraction of sp³-hybridized carbons (Fsp3) is 0.457. The normalized spacial score (nSPS) is 17.0. The first-order chi connectivity index (χ1) is 21.6. The van der Waals surface area contributed by atoms with Crippen LogP contribution in [0.2, 0.25) is 0 Å². The highest BCUT2D eigenvalue weighted by Crippen LogP contribution is 2.34. The standard InChI is InChI=1S/C35H46N4O5/c1-26(40)37-18-20-39-19-5-8-27-10-15-31(23-33(27)39)44-35(32-24-36-16-17-38-32)28-11-13-30(14-12-28)43-22-6-21-42-25-29-7-3-4-9-34(29)41-2/h3-4,7,9-15,23,32,35-36,38H,5-6,8,16-22,24-25H2,1-2H3,(H,37,40)/t32-,35?/m1/s1. The molecule has 1 amide bonds. The lowest BCUT2D eigenvalue weighted by molar-refractivity contribution is -0.118. The van der Waals surface area contributed by atoms with E-state index in [2.05, 4.69) is 51.2 Å². The molecule has 0 aromatic heterocycles. The van der Waals surface area contributed by atoms with E-state index in [-0.39, 0.29) is 18.1 Å². The summed E-state index contributed by atoms with van der Waals surface area (Å²) >= 11 is 0. The Kier molecular flexibility index (Phi) is 11.7. The first-order valence-electron chi connectivity index (χ1n) is 15.8. The number of nitrogens with zero attached hydrogens (tertiary/aromatic N) is 1. The number of carbonyl (C=O) groups is 1. The summed E-state index contributed by atoms with van der Waals surface area (Å²) in [4.78, 5) is 13.7. The Morgan fingerprint density at radius 3 is 2.68 bits per heavy atom. The quantitative estimate of drug-likeness (QED) is 0.223. The van der Waals surface area contributed by atoms with Crippen LogP contribution < -0.4 is 35.1 Å². The summed E-state index contributed by atoms with van der Waals surface area (Å²) in [7, 11) is 1.68. The van der Waals surface area contributed by atoms with Gasteiger partial charge in [0.15, 0.2) is 0 Å². The molecule has 2 atom stereocenters. The molecule has 44 heavy (non-hydrogen) atoms. The molecule has 0 radical (unpaired) electrons. The average molecular weight is 603 g/mol. The van der Waals surface area contributed by atoms with E-state index in [1.807, 2.05) is 36.4 Å². The minimum atomic E-state index is -0.172.